The highest BCUT2D eigenvalue weighted by atomic mass is 16.5. The van der Waals surface area contributed by atoms with Gasteiger partial charge in [-0.05, 0) is 59.4 Å². The average Bonchev–Trinajstić information content (AvgIpc) is 2.81. The van der Waals surface area contributed by atoms with Crippen molar-refractivity contribution in [3.63, 3.8) is 0 Å². The molecule has 0 amide bonds. The maximum atomic E-state index is 5.76. The van der Waals surface area contributed by atoms with Crippen LogP contribution >= 0.6 is 0 Å². The quantitative estimate of drug-likeness (QED) is 0.858. The molecule has 3 heteroatoms. The van der Waals surface area contributed by atoms with Gasteiger partial charge >= 0.3 is 0 Å². The lowest BCUT2D eigenvalue weighted by atomic mass is 9.83. The van der Waals surface area contributed by atoms with E-state index in [-0.39, 0.29) is 5.54 Å². The van der Waals surface area contributed by atoms with E-state index >= 15 is 0 Å². The molecule has 0 spiro atoms. The van der Waals surface area contributed by atoms with Crippen LogP contribution in [0.25, 0.3) is 0 Å². The van der Waals surface area contributed by atoms with Crippen LogP contribution in [0.1, 0.15) is 53.9 Å². The van der Waals surface area contributed by atoms with Gasteiger partial charge in [-0.15, -0.1) is 0 Å². The van der Waals surface area contributed by atoms with Gasteiger partial charge in [0.25, 0.3) is 0 Å². The lowest BCUT2D eigenvalue weighted by molar-refractivity contribution is 0.0471. The van der Waals surface area contributed by atoms with Crippen molar-refractivity contribution >= 4 is 0 Å². The van der Waals surface area contributed by atoms with Crippen molar-refractivity contribution in [3.05, 3.63) is 0 Å². The summed E-state index contributed by atoms with van der Waals surface area (Å²) >= 11 is 0. The smallest absolute Gasteiger partial charge is 0.0547 e. The molecule has 0 aromatic rings. The SMILES string of the molecule is CC1CCCN(CC2(CNC(C)(C)C)CCOC2)C1C. The Morgan fingerprint density at radius 2 is 2.05 bits per heavy atom. The second kappa shape index (κ2) is 6.33. The molecule has 20 heavy (non-hydrogen) atoms. The molecule has 2 rings (SSSR count). The Bertz CT molecular complexity index is 305. The molecule has 0 radical (unpaired) electrons. The summed E-state index contributed by atoms with van der Waals surface area (Å²) in [6.07, 6.45) is 3.95. The van der Waals surface area contributed by atoms with Crippen LogP contribution in [0, 0.1) is 11.3 Å². The molecule has 2 aliphatic heterocycles. The van der Waals surface area contributed by atoms with Gasteiger partial charge in [-0.2, -0.15) is 0 Å². The predicted octanol–water partition coefficient (Wildman–Crippen LogP) is 2.90. The number of likely N-dealkylation sites (tertiary alicyclic amines) is 1. The second-order valence-electron chi connectivity index (χ2n) is 8.24. The first-order chi connectivity index (χ1) is 9.31. The largest absolute Gasteiger partial charge is 0.381 e. The molecule has 118 valence electrons. The minimum atomic E-state index is 0.191. The van der Waals surface area contributed by atoms with E-state index in [0.717, 1.165) is 31.7 Å². The molecule has 0 aromatic heterocycles. The predicted molar refractivity (Wildman–Crippen MR) is 85.1 cm³/mol. The van der Waals surface area contributed by atoms with Gasteiger partial charge in [0.15, 0.2) is 0 Å². The average molecular weight is 282 g/mol. The van der Waals surface area contributed by atoms with Crippen molar-refractivity contribution in [2.75, 3.05) is 32.8 Å². The molecule has 3 nitrogen and oxygen atoms in total. The van der Waals surface area contributed by atoms with E-state index in [1.165, 1.54) is 32.4 Å². The Morgan fingerprint density at radius 3 is 2.65 bits per heavy atom. The van der Waals surface area contributed by atoms with Crippen LogP contribution in [0.3, 0.4) is 0 Å². The third-order valence-electron chi connectivity index (χ3n) is 5.22. The van der Waals surface area contributed by atoms with Crippen molar-refractivity contribution in [1.29, 1.82) is 0 Å². The van der Waals surface area contributed by atoms with Gasteiger partial charge in [-0.1, -0.05) is 6.92 Å². The van der Waals surface area contributed by atoms with E-state index in [0.29, 0.717) is 5.41 Å². The highest BCUT2D eigenvalue weighted by molar-refractivity contribution is 4.93. The highest BCUT2D eigenvalue weighted by Crippen LogP contribution is 2.33. The fraction of sp³-hybridized carbons (Fsp3) is 1.00. The molecule has 2 saturated heterocycles. The molecule has 0 aliphatic carbocycles. The first-order valence-corrected chi connectivity index (χ1v) is 8.38. The topological polar surface area (TPSA) is 24.5 Å². The van der Waals surface area contributed by atoms with Crippen LogP contribution in [0.15, 0.2) is 0 Å². The van der Waals surface area contributed by atoms with E-state index in [9.17, 15) is 0 Å². The van der Waals surface area contributed by atoms with Gasteiger partial charge in [0, 0.05) is 36.7 Å². The Balaban J connectivity index is 1.98. The number of ether oxygens (including phenoxy) is 1. The van der Waals surface area contributed by atoms with E-state index in [1.807, 2.05) is 0 Å². The first kappa shape index (κ1) is 16.3. The molecule has 2 fully saturated rings. The van der Waals surface area contributed by atoms with Gasteiger partial charge in [-0.3, -0.25) is 4.90 Å². The first-order valence-electron chi connectivity index (χ1n) is 8.38. The molecular weight excluding hydrogens is 248 g/mol. The summed E-state index contributed by atoms with van der Waals surface area (Å²) in [5.41, 5.74) is 0.509. The monoisotopic (exact) mass is 282 g/mol. The summed E-state index contributed by atoms with van der Waals surface area (Å²) in [5.74, 6) is 0.832. The minimum absolute atomic E-state index is 0.191. The zero-order valence-electron chi connectivity index (χ0n) is 14.2. The summed E-state index contributed by atoms with van der Waals surface area (Å²) in [6.45, 7) is 17.0. The van der Waals surface area contributed by atoms with Gasteiger partial charge in [-0.25, -0.2) is 0 Å². The molecule has 3 atom stereocenters. The van der Waals surface area contributed by atoms with Crippen LogP contribution in [0.5, 0.6) is 0 Å². The normalized spacial score (nSPS) is 36.5. The van der Waals surface area contributed by atoms with E-state index in [1.54, 1.807) is 0 Å². The van der Waals surface area contributed by atoms with E-state index in [4.69, 9.17) is 4.74 Å². The fourth-order valence-electron chi connectivity index (χ4n) is 3.50. The van der Waals surface area contributed by atoms with Crippen molar-refractivity contribution in [2.45, 2.75) is 65.5 Å². The van der Waals surface area contributed by atoms with Crippen LogP contribution < -0.4 is 5.32 Å². The lowest BCUT2D eigenvalue weighted by Crippen LogP contribution is -2.53. The van der Waals surface area contributed by atoms with Crippen molar-refractivity contribution < 1.29 is 4.74 Å². The van der Waals surface area contributed by atoms with E-state index < -0.39 is 0 Å². The molecule has 0 aromatic carbocycles. The molecule has 2 aliphatic rings. The molecule has 0 saturated carbocycles. The van der Waals surface area contributed by atoms with Crippen molar-refractivity contribution in [1.82, 2.24) is 10.2 Å². The maximum absolute atomic E-state index is 5.76. The van der Waals surface area contributed by atoms with Crippen LogP contribution in [-0.4, -0.2) is 49.3 Å². The van der Waals surface area contributed by atoms with Crippen LogP contribution in [0.4, 0.5) is 0 Å². The Kier molecular flexibility index (Phi) is 5.14. The summed E-state index contributed by atoms with van der Waals surface area (Å²) in [4.78, 5) is 2.72. The number of nitrogens with one attached hydrogen (secondary N) is 1. The highest BCUT2D eigenvalue weighted by Gasteiger charge is 2.39. The Hall–Kier alpha value is -0.120. The maximum Gasteiger partial charge on any atom is 0.0547 e. The summed E-state index contributed by atoms with van der Waals surface area (Å²) in [7, 11) is 0. The third kappa shape index (κ3) is 4.19. The van der Waals surface area contributed by atoms with Gasteiger partial charge in [0.1, 0.15) is 0 Å². The number of piperidine rings is 1. The third-order valence-corrected chi connectivity index (χ3v) is 5.22. The minimum Gasteiger partial charge on any atom is -0.381 e. The molecule has 3 unspecified atom stereocenters. The van der Waals surface area contributed by atoms with Crippen LogP contribution in [0.2, 0.25) is 0 Å². The van der Waals surface area contributed by atoms with Gasteiger partial charge in [0.05, 0.1) is 6.61 Å². The van der Waals surface area contributed by atoms with Gasteiger partial charge in [0.2, 0.25) is 0 Å². The molecule has 1 N–H and O–H groups in total. The molecular formula is C17H34N2O. The number of rotatable bonds is 4. The van der Waals surface area contributed by atoms with E-state index in [2.05, 4.69) is 44.8 Å². The van der Waals surface area contributed by atoms with Crippen molar-refractivity contribution in [2.24, 2.45) is 11.3 Å². The number of hydrogen-bond donors (Lipinski definition) is 1. The number of hydrogen-bond acceptors (Lipinski definition) is 3. The summed E-state index contributed by atoms with van der Waals surface area (Å²) in [6, 6.07) is 0.718. The second-order valence-corrected chi connectivity index (χ2v) is 8.24. The Morgan fingerprint density at radius 1 is 1.30 bits per heavy atom. The van der Waals surface area contributed by atoms with Crippen molar-refractivity contribution in [3.8, 4) is 0 Å². The Labute approximate surface area is 125 Å². The summed E-state index contributed by atoms with van der Waals surface area (Å²) < 4.78 is 5.76. The molecule has 0 bridgehead atoms. The zero-order valence-corrected chi connectivity index (χ0v) is 14.2. The van der Waals surface area contributed by atoms with Crippen LogP contribution in [-0.2, 0) is 4.74 Å². The zero-order chi connectivity index (χ0) is 14.8. The fourth-order valence-corrected chi connectivity index (χ4v) is 3.50. The standard InChI is InChI=1S/C17H34N2O/c1-14-7-6-9-19(15(14)2)12-17(8-10-20-13-17)11-18-16(3,4)5/h14-15,18H,6-13H2,1-5H3. The lowest BCUT2D eigenvalue weighted by Gasteiger charge is -2.43. The van der Waals surface area contributed by atoms with Gasteiger partial charge < -0.3 is 10.1 Å². The molecule has 2 heterocycles. The number of nitrogens with zero attached hydrogens (tertiary/aromatic N) is 1. The summed E-state index contributed by atoms with van der Waals surface area (Å²) in [5, 5.41) is 3.71.